The van der Waals surface area contributed by atoms with E-state index >= 15 is 0 Å². The lowest BCUT2D eigenvalue weighted by Gasteiger charge is -2.29. The molecule has 108 valence electrons. The van der Waals surface area contributed by atoms with Crippen LogP contribution in [0.25, 0.3) is 0 Å². The highest BCUT2D eigenvalue weighted by Gasteiger charge is 2.23. The zero-order valence-electron chi connectivity index (χ0n) is 11.7. The van der Waals surface area contributed by atoms with Crippen molar-refractivity contribution in [2.24, 2.45) is 0 Å². The van der Waals surface area contributed by atoms with Crippen molar-refractivity contribution in [1.29, 1.82) is 0 Å². The van der Waals surface area contributed by atoms with Crippen LogP contribution >= 0.6 is 0 Å². The highest BCUT2D eigenvalue weighted by atomic mass is 16.6. The molecule has 0 spiro atoms. The summed E-state index contributed by atoms with van der Waals surface area (Å²) >= 11 is 0. The van der Waals surface area contributed by atoms with Crippen molar-refractivity contribution in [3.05, 3.63) is 36.9 Å². The van der Waals surface area contributed by atoms with Gasteiger partial charge in [-0.15, -0.1) is 6.58 Å². The van der Waals surface area contributed by atoms with Crippen molar-refractivity contribution in [2.75, 3.05) is 33.3 Å². The quantitative estimate of drug-likeness (QED) is 0.623. The number of carbonyl (C=O) groups excluding carboxylic acids is 1. The molecule has 1 aromatic carbocycles. The van der Waals surface area contributed by atoms with Gasteiger partial charge in [0.15, 0.2) is 17.6 Å². The average Bonchev–Trinajstić information content (AvgIpc) is 2.47. The number of likely N-dealkylation sites (N-methyl/N-ethyl adjacent to an activating group) is 1. The van der Waals surface area contributed by atoms with Crippen molar-refractivity contribution >= 4 is 5.91 Å². The predicted molar refractivity (Wildman–Crippen MR) is 77.1 cm³/mol. The number of amides is 1. The second kappa shape index (κ2) is 6.96. The zero-order chi connectivity index (χ0) is 14.4. The fourth-order valence-corrected chi connectivity index (χ4v) is 1.98. The number of carbonyl (C=O) groups is 1. The fourth-order valence-electron chi connectivity index (χ4n) is 1.98. The van der Waals surface area contributed by atoms with Crippen LogP contribution in [0.2, 0.25) is 0 Å². The first kappa shape index (κ1) is 14.4. The number of nitrogens with one attached hydrogen (secondary N) is 1. The number of rotatable bonds is 6. The van der Waals surface area contributed by atoms with Gasteiger partial charge in [0, 0.05) is 13.6 Å². The van der Waals surface area contributed by atoms with Gasteiger partial charge in [-0.3, -0.25) is 4.79 Å². The summed E-state index contributed by atoms with van der Waals surface area (Å²) in [4.78, 5) is 13.5. The van der Waals surface area contributed by atoms with Crippen LogP contribution in [0, 0.1) is 0 Å². The molecule has 1 atom stereocenters. The van der Waals surface area contributed by atoms with E-state index in [1.165, 1.54) is 0 Å². The molecular formula is C15H20N2O3. The Labute approximate surface area is 119 Å². The molecule has 1 aliphatic rings. The van der Waals surface area contributed by atoms with Crippen LogP contribution in [0.5, 0.6) is 11.5 Å². The van der Waals surface area contributed by atoms with E-state index in [-0.39, 0.29) is 12.0 Å². The third kappa shape index (κ3) is 3.74. The average molecular weight is 276 g/mol. The SMILES string of the molecule is C=CCNCC(=O)N(C)CC1COc2ccccc2O1. The molecule has 1 N–H and O–H groups in total. The first-order chi connectivity index (χ1) is 9.70. The summed E-state index contributed by atoms with van der Waals surface area (Å²) < 4.78 is 11.4. The number of fused-ring (bicyclic) bond motifs is 1. The topological polar surface area (TPSA) is 50.8 Å². The molecule has 0 saturated carbocycles. The first-order valence-electron chi connectivity index (χ1n) is 6.64. The maximum atomic E-state index is 11.9. The standard InChI is InChI=1S/C15H20N2O3/c1-3-8-16-9-15(18)17(2)10-12-11-19-13-6-4-5-7-14(13)20-12/h3-7,12,16H,1,8-11H2,2H3. The maximum Gasteiger partial charge on any atom is 0.236 e. The van der Waals surface area contributed by atoms with Crippen molar-refractivity contribution in [3.63, 3.8) is 0 Å². The van der Waals surface area contributed by atoms with E-state index in [2.05, 4.69) is 11.9 Å². The summed E-state index contributed by atoms with van der Waals surface area (Å²) in [6.45, 7) is 5.47. The van der Waals surface area contributed by atoms with Gasteiger partial charge < -0.3 is 19.7 Å². The summed E-state index contributed by atoms with van der Waals surface area (Å²) in [6.07, 6.45) is 1.58. The third-order valence-electron chi connectivity index (χ3n) is 3.04. The molecule has 0 bridgehead atoms. The monoisotopic (exact) mass is 276 g/mol. The van der Waals surface area contributed by atoms with Gasteiger partial charge in [0.05, 0.1) is 13.1 Å². The van der Waals surface area contributed by atoms with Gasteiger partial charge in [-0.25, -0.2) is 0 Å². The number of hydrogen-bond donors (Lipinski definition) is 1. The number of benzene rings is 1. The molecule has 1 heterocycles. The summed E-state index contributed by atoms with van der Waals surface area (Å²) in [5.41, 5.74) is 0. The molecule has 1 aromatic rings. The molecule has 0 fully saturated rings. The van der Waals surface area contributed by atoms with Gasteiger partial charge >= 0.3 is 0 Å². The molecule has 20 heavy (non-hydrogen) atoms. The predicted octanol–water partition coefficient (Wildman–Crippen LogP) is 1.06. The fraction of sp³-hybridized carbons (Fsp3) is 0.400. The summed E-state index contributed by atoms with van der Waals surface area (Å²) in [5.74, 6) is 1.51. The second-order valence-corrected chi connectivity index (χ2v) is 4.69. The van der Waals surface area contributed by atoms with Gasteiger partial charge in [-0.1, -0.05) is 18.2 Å². The van der Waals surface area contributed by atoms with Crippen LogP contribution in [0.3, 0.4) is 0 Å². The van der Waals surface area contributed by atoms with Gasteiger partial charge in [0.2, 0.25) is 5.91 Å². The highest BCUT2D eigenvalue weighted by molar-refractivity contribution is 5.78. The van der Waals surface area contributed by atoms with Crippen molar-refractivity contribution in [2.45, 2.75) is 6.10 Å². The first-order valence-corrected chi connectivity index (χ1v) is 6.64. The Balaban J connectivity index is 1.82. The van der Waals surface area contributed by atoms with Gasteiger partial charge in [0.1, 0.15) is 6.61 Å². The number of hydrogen-bond acceptors (Lipinski definition) is 4. The van der Waals surface area contributed by atoms with E-state index in [1.807, 2.05) is 24.3 Å². The van der Waals surface area contributed by atoms with E-state index < -0.39 is 0 Å². The molecule has 5 nitrogen and oxygen atoms in total. The zero-order valence-corrected chi connectivity index (χ0v) is 11.7. The summed E-state index contributed by atoms with van der Waals surface area (Å²) in [6, 6.07) is 7.55. The van der Waals surface area contributed by atoms with E-state index in [4.69, 9.17) is 9.47 Å². The van der Waals surface area contributed by atoms with E-state index in [0.717, 1.165) is 11.5 Å². The molecule has 0 aromatic heterocycles. The van der Waals surface area contributed by atoms with Crippen LogP contribution in [-0.4, -0.2) is 50.2 Å². The van der Waals surface area contributed by atoms with E-state index in [0.29, 0.717) is 26.2 Å². The lowest BCUT2D eigenvalue weighted by Crippen LogP contribution is -2.44. The third-order valence-corrected chi connectivity index (χ3v) is 3.04. The van der Waals surface area contributed by atoms with Crippen LogP contribution in [0.1, 0.15) is 0 Å². The van der Waals surface area contributed by atoms with Crippen molar-refractivity contribution < 1.29 is 14.3 Å². The lowest BCUT2D eigenvalue weighted by molar-refractivity contribution is -0.130. The van der Waals surface area contributed by atoms with E-state index in [9.17, 15) is 4.79 Å². The van der Waals surface area contributed by atoms with Gasteiger partial charge in [0.25, 0.3) is 0 Å². The Morgan fingerprint density at radius 3 is 3.00 bits per heavy atom. The number of ether oxygens (including phenoxy) is 2. The van der Waals surface area contributed by atoms with E-state index in [1.54, 1.807) is 18.0 Å². The largest absolute Gasteiger partial charge is 0.486 e. The Hall–Kier alpha value is -2.01. The molecule has 0 saturated heterocycles. The maximum absolute atomic E-state index is 11.9. The Bertz CT molecular complexity index is 476. The van der Waals surface area contributed by atoms with Crippen LogP contribution < -0.4 is 14.8 Å². The minimum absolute atomic E-state index is 0.0225. The molecule has 1 unspecified atom stereocenters. The number of nitrogens with zero attached hydrogens (tertiary/aromatic N) is 1. The van der Waals surface area contributed by atoms with Gasteiger partial charge in [-0.2, -0.15) is 0 Å². The lowest BCUT2D eigenvalue weighted by atomic mass is 10.2. The second-order valence-electron chi connectivity index (χ2n) is 4.69. The van der Waals surface area contributed by atoms with Crippen LogP contribution in [0.15, 0.2) is 36.9 Å². The Morgan fingerprint density at radius 2 is 2.25 bits per heavy atom. The summed E-state index contributed by atoms with van der Waals surface area (Å²) in [5, 5.41) is 2.99. The normalized spacial score (nSPS) is 16.6. The van der Waals surface area contributed by atoms with Crippen LogP contribution in [0.4, 0.5) is 0 Å². The van der Waals surface area contributed by atoms with Crippen molar-refractivity contribution in [3.8, 4) is 11.5 Å². The number of para-hydroxylation sites is 2. The Kier molecular flexibility index (Phi) is 5.01. The Morgan fingerprint density at radius 1 is 1.50 bits per heavy atom. The smallest absolute Gasteiger partial charge is 0.236 e. The molecule has 0 aliphatic carbocycles. The molecule has 0 radical (unpaired) electrons. The molecule has 1 aliphatic heterocycles. The minimum atomic E-state index is -0.141. The summed E-state index contributed by atoms with van der Waals surface area (Å²) in [7, 11) is 1.77. The molecule has 5 heteroatoms. The molecule has 1 amide bonds. The van der Waals surface area contributed by atoms with Crippen molar-refractivity contribution in [1.82, 2.24) is 10.2 Å². The highest BCUT2D eigenvalue weighted by Crippen LogP contribution is 2.30. The molecular weight excluding hydrogens is 256 g/mol. The molecule has 2 rings (SSSR count). The minimum Gasteiger partial charge on any atom is -0.486 e. The van der Waals surface area contributed by atoms with Gasteiger partial charge in [-0.05, 0) is 12.1 Å². The van der Waals surface area contributed by atoms with Crippen LogP contribution in [-0.2, 0) is 4.79 Å².